The predicted molar refractivity (Wildman–Crippen MR) is 274 cm³/mol. The third-order valence-corrected chi connectivity index (χ3v) is 10.5. The summed E-state index contributed by atoms with van der Waals surface area (Å²) in [5, 5.41) is 0. The lowest BCUT2D eigenvalue weighted by atomic mass is 10.1. The molecule has 0 spiro atoms. The van der Waals surface area contributed by atoms with Gasteiger partial charge in [-0.2, -0.15) is 0 Å². The number of carbonyl (C=O) groups excluding carboxylic acids is 1. The van der Waals surface area contributed by atoms with Crippen molar-refractivity contribution >= 4 is 13.8 Å². The third kappa shape index (κ3) is 49.7. The van der Waals surface area contributed by atoms with Gasteiger partial charge in [0.2, 0.25) is 0 Å². The van der Waals surface area contributed by atoms with E-state index in [-0.39, 0.29) is 38.8 Å². The normalized spacial score (nSPS) is 14.5. The zero-order valence-electron chi connectivity index (χ0n) is 40.2. The van der Waals surface area contributed by atoms with Gasteiger partial charge in [-0.25, -0.2) is 4.57 Å². The molecule has 2 atom stereocenters. The van der Waals surface area contributed by atoms with Gasteiger partial charge in [0.1, 0.15) is 6.10 Å². The lowest BCUT2D eigenvalue weighted by Gasteiger charge is -2.20. The first kappa shape index (κ1) is 60.6. The van der Waals surface area contributed by atoms with E-state index < -0.39 is 13.9 Å². The lowest BCUT2D eigenvalue weighted by molar-refractivity contribution is -0.154. The average Bonchev–Trinajstić information content (AvgIpc) is 3.29. The molecule has 3 N–H and O–H groups in total. The quantitative estimate of drug-likeness (QED) is 0.0268. The van der Waals surface area contributed by atoms with Crippen LogP contribution in [0.4, 0.5) is 0 Å². The van der Waals surface area contributed by atoms with Crippen LogP contribution >= 0.6 is 7.82 Å². The Balaban J connectivity index is 4.09. The highest BCUT2D eigenvalue weighted by molar-refractivity contribution is 7.47. The highest BCUT2D eigenvalue weighted by Crippen LogP contribution is 2.43. The van der Waals surface area contributed by atoms with Gasteiger partial charge >= 0.3 is 13.8 Å². The zero-order valence-corrected chi connectivity index (χ0v) is 41.1. The summed E-state index contributed by atoms with van der Waals surface area (Å²) < 4.78 is 33.5. The van der Waals surface area contributed by atoms with Crippen molar-refractivity contribution in [3.05, 3.63) is 134 Å². The van der Waals surface area contributed by atoms with Crippen molar-refractivity contribution in [3.8, 4) is 0 Å². The van der Waals surface area contributed by atoms with Gasteiger partial charge in [-0.15, -0.1) is 0 Å². The van der Waals surface area contributed by atoms with Gasteiger partial charge in [-0.3, -0.25) is 13.8 Å². The standard InChI is InChI=1S/C55H90NO7P/c1-3-5-7-9-11-13-15-17-19-21-23-24-25-26-27-28-29-31-33-35-37-39-41-43-45-47-50-60-52-54(53-62-64(58,59)61-51-49-56)63-55(57)48-46-44-42-40-38-36-34-32-30-22-20-18-16-14-12-10-8-6-4-2/h5-8,11-14,17-20,23-24,26-27,29-32,36,38,54H,3-4,9-10,15-16,21-22,25,28,33-35,37,39-53,56H2,1-2H3,(H,58,59)/b7-5-,8-6-,13-11-,14-12-,19-17-,20-18-,24-23-,27-26-,31-29-,32-30-,38-36-. The number of rotatable bonds is 45. The van der Waals surface area contributed by atoms with Crippen molar-refractivity contribution in [1.29, 1.82) is 0 Å². The molecule has 0 saturated carbocycles. The molecule has 9 heteroatoms. The number of esters is 1. The first-order valence-electron chi connectivity index (χ1n) is 24.7. The van der Waals surface area contributed by atoms with Crippen molar-refractivity contribution in [1.82, 2.24) is 0 Å². The molecule has 0 fully saturated rings. The van der Waals surface area contributed by atoms with Crippen molar-refractivity contribution in [3.63, 3.8) is 0 Å². The summed E-state index contributed by atoms with van der Waals surface area (Å²) in [5.41, 5.74) is 5.38. The first-order valence-corrected chi connectivity index (χ1v) is 26.2. The van der Waals surface area contributed by atoms with Crippen LogP contribution in [-0.4, -0.2) is 49.9 Å². The van der Waals surface area contributed by atoms with Gasteiger partial charge in [0.25, 0.3) is 0 Å². The minimum absolute atomic E-state index is 0.0842. The van der Waals surface area contributed by atoms with Crippen molar-refractivity contribution in [2.24, 2.45) is 5.73 Å². The fourth-order valence-electron chi connectivity index (χ4n) is 6.03. The second kappa shape index (κ2) is 50.6. The highest BCUT2D eigenvalue weighted by Gasteiger charge is 2.25. The number of phosphoric acid groups is 1. The Bertz CT molecular complexity index is 1440. The molecule has 0 aliphatic rings. The molecule has 2 unspecified atom stereocenters. The monoisotopic (exact) mass is 908 g/mol. The van der Waals surface area contributed by atoms with Gasteiger partial charge in [0.05, 0.1) is 19.8 Å². The maximum Gasteiger partial charge on any atom is 0.472 e. The molecule has 0 amide bonds. The van der Waals surface area contributed by atoms with E-state index in [4.69, 9.17) is 24.3 Å². The van der Waals surface area contributed by atoms with Crippen molar-refractivity contribution in [2.75, 3.05) is 33.0 Å². The SMILES string of the molecule is CC/C=C\C/C=C\C/C=C\C/C=C\C/C=C\C/C=C\CCCCCCCCCOCC(COP(=O)(O)OCCN)OC(=O)CCCCC/C=C\C/C=C\C/C=C\C/C=C\C/C=C\CC. The van der Waals surface area contributed by atoms with Crippen LogP contribution in [0.3, 0.4) is 0 Å². The Morgan fingerprint density at radius 1 is 0.469 bits per heavy atom. The van der Waals surface area contributed by atoms with E-state index in [2.05, 4.69) is 148 Å². The number of ether oxygens (including phenoxy) is 2. The molecular weight excluding hydrogens is 818 g/mol. The highest BCUT2D eigenvalue weighted by atomic mass is 31.2. The van der Waals surface area contributed by atoms with E-state index in [0.29, 0.717) is 13.0 Å². The average molecular weight is 908 g/mol. The smallest absolute Gasteiger partial charge is 0.457 e. The number of nitrogens with two attached hydrogens (primary N) is 1. The zero-order chi connectivity index (χ0) is 46.5. The Hall–Kier alpha value is -3.36. The number of carbonyl (C=O) groups is 1. The van der Waals surface area contributed by atoms with Crippen LogP contribution in [0, 0.1) is 0 Å². The van der Waals surface area contributed by atoms with Crippen LogP contribution in [0.25, 0.3) is 0 Å². The molecule has 0 bridgehead atoms. The molecular formula is C55H90NO7P. The van der Waals surface area contributed by atoms with Crippen LogP contribution in [0.1, 0.15) is 168 Å². The summed E-state index contributed by atoms with van der Waals surface area (Å²) >= 11 is 0. The summed E-state index contributed by atoms with van der Waals surface area (Å²) in [6.07, 6.45) is 71.9. The third-order valence-electron chi connectivity index (χ3n) is 9.56. The predicted octanol–water partition coefficient (Wildman–Crippen LogP) is 15.5. The second-order valence-electron chi connectivity index (χ2n) is 15.6. The summed E-state index contributed by atoms with van der Waals surface area (Å²) in [5.74, 6) is -0.372. The topological polar surface area (TPSA) is 117 Å². The van der Waals surface area contributed by atoms with Gasteiger partial charge in [-0.1, -0.05) is 186 Å². The molecule has 0 radical (unpaired) electrons. The maximum atomic E-state index is 12.6. The first-order chi connectivity index (χ1) is 31.4. The van der Waals surface area contributed by atoms with Crippen LogP contribution in [-0.2, 0) is 27.9 Å². The summed E-state index contributed by atoms with van der Waals surface area (Å²) in [6, 6.07) is 0. The molecule has 0 aromatic carbocycles. The Kier molecular flexibility index (Phi) is 48.0. The molecule has 362 valence electrons. The van der Waals surface area contributed by atoms with E-state index in [9.17, 15) is 14.3 Å². The molecule has 0 aliphatic carbocycles. The molecule has 0 aliphatic heterocycles. The molecule has 0 aromatic heterocycles. The minimum atomic E-state index is -4.31. The molecule has 0 saturated heterocycles. The number of hydrogen-bond acceptors (Lipinski definition) is 7. The summed E-state index contributed by atoms with van der Waals surface area (Å²) in [4.78, 5) is 22.6. The van der Waals surface area contributed by atoms with E-state index in [1.54, 1.807) is 0 Å². The van der Waals surface area contributed by atoms with E-state index >= 15 is 0 Å². The van der Waals surface area contributed by atoms with Gasteiger partial charge < -0.3 is 20.1 Å². The molecule has 0 aromatic rings. The van der Waals surface area contributed by atoms with Crippen molar-refractivity contribution < 1.29 is 32.8 Å². The Morgan fingerprint density at radius 2 is 0.828 bits per heavy atom. The van der Waals surface area contributed by atoms with Gasteiger partial charge in [-0.05, 0) is 109 Å². The van der Waals surface area contributed by atoms with Gasteiger partial charge in [0, 0.05) is 19.6 Å². The van der Waals surface area contributed by atoms with Gasteiger partial charge in [0.15, 0.2) is 0 Å². The van der Waals surface area contributed by atoms with Crippen LogP contribution in [0.15, 0.2) is 134 Å². The molecule has 64 heavy (non-hydrogen) atoms. The number of allylic oxidation sites excluding steroid dienone is 22. The maximum absolute atomic E-state index is 12.6. The van der Waals surface area contributed by atoms with E-state index in [0.717, 1.165) is 116 Å². The van der Waals surface area contributed by atoms with E-state index in [1.807, 2.05) is 0 Å². The summed E-state index contributed by atoms with van der Waals surface area (Å²) in [6.45, 7) is 4.58. The molecule has 0 heterocycles. The molecule has 0 rings (SSSR count). The van der Waals surface area contributed by atoms with Crippen LogP contribution in [0.5, 0.6) is 0 Å². The fraction of sp³-hybridized carbons (Fsp3) is 0.582. The van der Waals surface area contributed by atoms with Crippen molar-refractivity contribution in [2.45, 2.75) is 174 Å². The van der Waals surface area contributed by atoms with Crippen LogP contribution < -0.4 is 5.73 Å². The largest absolute Gasteiger partial charge is 0.472 e. The number of hydrogen-bond donors (Lipinski definition) is 2. The van der Waals surface area contributed by atoms with E-state index in [1.165, 1.54) is 25.7 Å². The molecule has 8 nitrogen and oxygen atoms in total. The summed E-state index contributed by atoms with van der Waals surface area (Å²) in [7, 11) is -4.31. The fourth-order valence-corrected chi connectivity index (χ4v) is 6.79. The lowest BCUT2D eigenvalue weighted by Crippen LogP contribution is -2.28. The second-order valence-corrected chi connectivity index (χ2v) is 17.0. The number of unbranched alkanes of at least 4 members (excludes halogenated alkanes) is 10. The minimum Gasteiger partial charge on any atom is -0.457 e. The Morgan fingerprint density at radius 3 is 1.23 bits per heavy atom. The van der Waals surface area contributed by atoms with Crippen LogP contribution in [0.2, 0.25) is 0 Å². The Labute approximate surface area is 391 Å². The number of phosphoric ester groups is 1.